The van der Waals surface area contributed by atoms with Crippen LogP contribution >= 0.6 is 0 Å². The van der Waals surface area contributed by atoms with Gasteiger partial charge in [0, 0.05) is 31.0 Å². The van der Waals surface area contributed by atoms with Gasteiger partial charge in [0.2, 0.25) is 0 Å². The van der Waals surface area contributed by atoms with Crippen molar-refractivity contribution in [3.8, 4) is 11.1 Å². The van der Waals surface area contributed by atoms with Crippen LogP contribution in [0, 0.1) is 6.92 Å². The molecule has 3 rings (SSSR count). The van der Waals surface area contributed by atoms with Gasteiger partial charge in [0.15, 0.2) is 0 Å². The van der Waals surface area contributed by atoms with Crippen LogP contribution in [-0.2, 0) is 23.2 Å². The number of amides is 2. The second kappa shape index (κ2) is 7.65. The van der Waals surface area contributed by atoms with Crippen molar-refractivity contribution < 1.29 is 9.59 Å². The van der Waals surface area contributed by atoms with E-state index in [1.807, 2.05) is 62.6 Å². The minimum absolute atomic E-state index is 0.272. The van der Waals surface area contributed by atoms with E-state index < -0.39 is 11.8 Å². The zero-order chi connectivity index (χ0) is 18.5. The molecule has 6 nitrogen and oxygen atoms in total. The van der Waals surface area contributed by atoms with Gasteiger partial charge in [-0.1, -0.05) is 30.3 Å². The Morgan fingerprint density at radius 3 is 2.58 bits per heavy atom. The van der Waals surface area contributed by atoms with E-state index in [0.29, 0.717) is 5.69 Å². The number of hydrogen-bond donors (Lipinski definition) is 2. The van der Waals surface area contributed by atoms with Crippen LogP contribution in [0.2, 0.25) is 0 Å². The predicted octanol–water partition coefficient (Wildman–Crippen LogP) is 2.65. The summed E-state index contributed by atoms with van der Waals surface area (Å²) in [5.74, 6) is -1.35. The predicted molar refractivity (Wildman–Crippen MR) is 100 cm³/mol. The number of carbonyl (C=O) groups is 2. The highest BCUT2D eigenvalue weighted by atomic mass is 16.2. The monoisotopic (exact) mass is 348 g/mol. The van der Waals surface area contributed by atoms with E-state index in [-0.39, 0.29) is 6.54 Å². The molecule has 0 atom stereocenters. The van der Waals surface area contributed by atoms with Crippen molar-refractivity contribution in [2.24, 2.45) is 7.05 Å². The molecule has 0 fully saturated rings. The summed E-state index contributed by atoms with van der Waals surface area (Å²) in [6.07, 6.45) is 3.71. The van der Waals surface area contributed by atoms with Crippen molar-refractivity contribution >= 4 is 17.5 Å². The number of hydrogen-bond acceptors (Lipinski definition) is 3. The van der Waals surface area contributed by atoms with Crippen molar-refractivity contribution in [2.75, 3.05) is 5.32 Å². The van der Waals surface area contributed by atoms with Crippen LogP contribution in [0.1, 0.15) is 11.1 Å². The van der Waals surface area contributed by atoms with Gasteiger partial charge in [-0.15, -0.1) is 0 Å². The summed E-state index contributed by atoms with van der Waals surface area (Å²) in [6.45, 7) is 2.19. The molecule has 2 amide bonds. The molecule has 0 spiro atoms. The zero-order valence-electron chi connectivity index (χ0n) is 14.7. The Morgan fingerprint density at radius 2 is 1.85 bits per heavy atom. The third-order valence-corrected chi connectivity index (χ3v) is 3.90. The van der Waals surface area contributed by atoms with Gasteiger partial charge in [-0.2, -0.15) is 5.10 Å². The summed E-state index contributed by atoms with van der Waals surface area (Å²) in [5.41, 5.74) is 4.52. The van der Waals surface area contributed by atoms with Gasteiger partial charge in [0.1, 0.15) is 0 Å². The number of benzene rings is 2. The quantitative estimate of drug-likeness (QED) is 0.712. The topological polar surface area (TPSA) is 76.0 Å². The van der Waals surface area contributed by atoms with Crippen LogP contribution in [0.4, 0.5) is 5.69 Å². The van der Waals surface area contributed by atoms with Crippen LogP contribution in [0.5, 0.6) is 0 Å². The Balaban J connectivity index is 1.60. The summed E-state index contributed by atoms with van der Waals surface area (Å²) in [7, 11) is 1.86. The molecule has 0 aliphatic rings. The molecule has 6 heteroatoms. The van der Waals surface area contributed by atoms with E-state index in [2.05, 4.69) is 15.7 Å². The highest BCUT2D eigenvalue weighted by molar-refractivity contribution is 6.39. The van der Waals surface area contributed by atoms with Crippen molar-refractivity contribution in [3.63, 3.8) is 0 Å². The fourth-order valence-corrected chi connectivity index (χ4v) is 2.60. The van der Waals surface area contributed by atoms with Gasteiger partial charge < -0.3 is 10.6 Å². The molecule has 0 saturated carbocycles. The largest absolute Gasteiger partial charge is 0.344 e. The van der Waals surface area contributed by atoms with Crippen LogP contribution in [0.15, 0.2) is 60.9 Å². The van der Waals surface area contributed by atoms with E-state index in [4.69, 9.17) is 0 Å². The van der Waals surface area contributed by atoms with Crippen LogP contribution < -0.4 is 10.6 Å². The number of nitrogens with one attached hydrogen (secondary N) is 2. The minimum atomic E-state index is -0.681. The second-order valence-electron chi connectivity index (χ2n) is 6.11. The standard InChI is InChI=1S/C20H20N4O2/c1-14-5-3-8-18(9-14)23-20(26)19(25)21-11-15-6-4-7-16(10-15)17-12-22-24(2)13-17/h3-10,12-13H,11H2,1-2H3,(H,21,25)(H,23,26). The van der Waals surface area contributed by atoms with Crippen molar-refractivity contribution in [2.45, 2.75) is 13.5 Å². The maximum absolute atomic E-state index is 12.0. The van der Waals surface area contributed by atoms with Crippen LogP contribution in [-0.4, -0.2) is 21.6 Å². The van der Waals surface area contributed by atoms with E-state index in [0.717, 1.165) is 22.3 Å². The smallest absolute Gasteiger partial charge is 0.313 e. The molecule has 0 radical (unpaired) electrons. The van der Waals surface area contributed by atoms with Gasteiger partial charge in [0.05, 0.1) is 6.20 Å². The Bertz CT molecular complexity index is 946. The summed E-state index contributed by atoms with van der Waals surface area (Å²) in [4.78, 5) is 24.0. The van der Waals surface area contributed by atoms with Crippen molar-refractivity contribution in [3.05, 3.63) is 72.1 Å². The van der Waals surface area contributed by atoms with Gasteiger partial charge in [-0.3, -0.25) is 14.3 Å². The number of carbonyl (C=O) groups excluding carboxylic acids is 2. The molecular weight excluding hydrogens is 328 g/mol. The number of rotatable bonds is 4. The van der Waals surface area contributed by atoms with Crippen LogP contribution in [0.3, 0.4) is 0 Å². The number of nitrogens with zero attached hydrogens (tertiary/aromatic N) is 2. The third kappa shape index (κ3) is 4.36. The fourth-order valence-electron chi connectivity index (χ4n) is 2.60. The molecule has 1 aromatic heterocycles. The van der Waals surface area contributed by atoms with Gasteiger partial charge in [-0.05, 0) is 41.8 Å². The number of aryl methyl sites for hydroxylation is 2. The zero-order valence-corrected chi connectivity index (χ0v) is 14.7. The summed E-state index contributed by atoms with van der Waals surface area (Å²) >= 11 is 0. The molecule has 0 saturated heterocycles. The number of anilines is 1. The van der Waals surface area contributed by atoms with E-state index in [9.17, 15) is 9.59 Å². The molecule has 0 aliphatic carbocycles. The third-order valence-electron chi connectivity index (χ3n) is 3.90. The first kappa shape index (κ1) is 17.4. The summed E-state index contributed by atoms with van der Waals surface area (Å²) in [5, 5.41) is 9.40. The normalized spacial score (nSPS) is 10.4. The first-order chi connectivity index (χ1) is 12.5. The molecule has 1 heterocycles. The van der Waals surface area contributed by atoms with E-state index >= 15 is 0 Å². The maximum atomic E-state index is 12.0. The second-order valence-corrected chi connectivity index (χ2v) is 6.11. The molecule has 26 heavy (non-hydrogen) atoms. The first-order valence-corrected chi connectivity index (χ1v) is 8.25. The molecule has 2 N–H and O–H groups in total. The summed E-state index contributed by atoms with van der Waals surface area (Å²) in [6, 6.07) is 15.1. The molecule has 0 bridgehead atoms. The van der Waals surface area contributed by atoms with Gasteiger partial charge in [0.25, 0.3) is 0 Å². The fraction of sp³-hybridized carbons (Fsp3) is 0.150. The van der Waals surface area contributed by atoms with Gasteiger partial charge >= 0.3 is 11.8 Å². The molecule has 132 valence electrons. The Labute approximate surface area is 151 Å². The maximum Gasteiger partial charge on any atom is 0.313 e. The molecule has 0 unspecified atom stereocenters. The highest BCUT2D eigenvalue weighted by Crippen LogP contribution is 2.19. The van der Waals surface area contributed by atoms with E-state index in [1.165, 1.54) is 0 Å². The van der Waals surface area contributed by atoms with Crippen molar-refractivity contribution in [1.29, 1.82) is 0 Å². The average molecular weight is 348 g/mol. The first-order valence-electron chi connectivity index (χ1n) is 8.25. The van der Waals surface area contributed by atoms with E-state index in [1.54, 1.807) is 16.9 Å². The van der Waals surface area contributed by atoms with Gasteiger partial charge in [-0.25, -0.2) is 0 Å². The Kier molecular flexibility index (Phi) is 5.12. The molecule has 0 aliphatic heterocycles. The molecule has 3 aromatic rings. The van der Waals surface area contributed by atoms with Crippen molar-refractivity contribution in [1.82, 2.24) is 15.1 Å². The average Bonchev–Trinajstić information content (AvgIpc) is 3.06. The number of aromatic nitrogens is 2. The molecular formula is C20H20N4O2. The lowest BCUT2D eigenvalue weighted by molar-refractivity contribution is -0.136. The molecule has 2 aromatic carbocycles. The lowest BCUT2D eigenvalue weighted by atomic mass is 10.1. The lowest BCUT2D eigenvalue weighted by Crippen LogP contribution is -2.34. The van der Waals surface area contributed by atoms with Crippen LogP contribution in [0.25, 0.3) is 11.1 Å². The summed E-state index contributed by atoms with van der Waals surface area (Å²) < 4.78 is 1.74. The highest BCUT2D eigenvalue weighted by Gasteiger charge is 2.13. The minimum Gasteiger partial charge on any atom is -0.344 e. The Hall–Kier alpha value is -3.41. The lowest BCUT2D eigenvalue weighted by Gasteiger charge is -2.08. The SMILES string of the molecule is Cc1cccc(NC(=O)C(=O)NCc2cccc(-c3cnn(C)c3)c2)c1. The Morgan fingerprint density at radius 1 is 1.04 bits per heavy atom.